The van der Waals surface area contributed by atoms with E-state index in [0.29, 0.717) is 16.6 Å². The molecule has 0 aliphatic rings. The monoisotopic (exact) mass is 283 g/mol. The fourth-order valence-corrected chi connectivity index (χ4v) is 2.26. The van der Waals surface area contributed by atoms with Gasteiger partial charge in [0.2, 0.25) is 0 Å². The van der Waals surface area contributed by atoms with E-state index in [0.717, 1.165) is 5.56 Å². The molecule has 0 bridgehead atoms. The van der Waals surface area contributed by atoms with Crippen LogP contribution in [0.15, 0.2) is 42.9 Å². The van der Waals surface area contributed by atoms with Crippen molar-refractivity contribution in [2.24, 2.45) is 0 Å². The van der Waals surface area contributed by atoms with Crippen molar-refractivity contribution in [3.05, 3.63) is 58.5 Å². The average molecular weight is 283 g/mol. The van der Waals surface area contributed by atoms with Gasteiger partial charge in [0.15, 0.2) is 0 Å². The Balaban J connectivity index is 2.06. The number of aromatic amines is 1. The molecule has 7 nitrogen and oxygen atoms in total. The maximum Gasteiger partial charge on any atom is 0.301 e. The summed E-state index contributed by atoms with van der Waals surface area (Å²) in [6, 6.07) is 6.75. The van der Waals surface area contributed by atoms with Crippen LogP contribution in [-0.4, -0.2) is 20.1 Å². The summed E-state index contributed by atoms with van der Waals surface area (Å²) in [5.74, 6) is 0. The lowest BCUT2D eigenvalue weighted by Gasteiger charge is -2.14. The summed E-state index contributed by atoms with van der Waals surface area (Å²) < 4.78 is 0. The molecule has 1 aromatic carbocycles. The molecule has 0 saturated carbocycles. The smallest absolute Gasteiger partial charge is 0.301 e. The number of nitro benzene ring substituents is 1. The van der Waals surface area contributed by atoms with E-state index >= 15 is 0 Å². The molecular formula is C14H13N5O2. The zero-order chi connectivity index (χ0) is 14.8. The molecule has 2 aromatic heterocycles. The SMILES string of the molecule is CC(Nc1ccc2ncccc2c1[N+](=O)[O-])c1cn[nH]c1. The third-order valence-electron chi connectivity index (χ3n) is 3.33. The molecule has 2 heterocycles. The fourth-order valence-electron chi connectivity index (χ4n) is 2.26. The van der Waals surface area contributed by atoms with Gasteiger partial charge < -0.3 is 5.32 Å². The van der Waals surface area contributed by atoms with Gasteiger partial charge in [-0.1, -0.05) is 0 Å². The summed E-state index contributed by atoms with van der Waals surface area (Å²) in [5, 5.41) is 21.7. The van der Waals surface area contributed by atoms with Gasteiger partial charge in [-0.15, -0.1) is 0 Å². The summed E-state index contributed by atoms with van der Waals surface area (Å²) >= 11 is 0. The van der Waals surface area contributed by atoms with Gasteiger partial charge >= 0.3 is 5.69 Å². The molecule has 0 spiro atoms. The van der Waals surface area contributed by atoms with Crippen LogP contribution in [0.5, 0.6) is 0 Å². The number of aromatic nitrogens is 3. The van der Waals surface area contributed by atoms with Gasteiger partial charge in [-0.3, -0.25) is 20.2 Å². The standard InChI is InChI=1S/C14H13N5O2/c1-9(10-7-16-17-8-10)18-13-5-4-12-11(3-2-6-15-12)14(13)19(20)21/h2-9,18H,1H3,(H,16,17). The predicted octanol–water partition coefficient (Wildman–Crippen LogP) is 3.04. The van der Waals surface area contributed by atoms with Crippen molar-refractivity contribution in [2.75, 3.05) is 5.32 Å². The van der Waals surface area contributed by atoms with Crippen molar-refractivity contribution < 1.29 is 4.92 Å². The van der Waals surface area contributed by atoms with Crippen LogP contribution in [0.3, 0.4) is 0 Å². The van der Waals surface area contributed by atoms with E-state index < -0.39 is 0 Å². The summed E-state index contributed by atoms with van der Waals surface area (Å²) in [6.45, 7) is 1.92. The van der Waals surface area contributed by atoms with Gasteiger partial charge in [0.05, 0.1) is 28.1 Å². The minimum absolute atomic E-state index is 0.0379. The number of nitrogens with zero attached hydrogens (tertiary/aromatic N) is 3. The number of nitrogens with one attached hydrogen (secondary N) is 2. The Kier molecular flexibility index (Phi) is 3.23. The van der Waals surface area contributed by atoms with Crippen LogP contribution < -0.4 is 5.32 Å². The molecule has 1 unspecified atom stereocenters. The second-order valence-electron chi connectivity index (χ2n) is 4.69. The van der Waals surface area contributed by atoms with E-state index in [4.69, 9.17) is 0 Å². The molecule has 0 radical (unpaired) electrons. The fraction of sp³-hybridized carbons (Fsp3) is 0.143. The molecule has 3 rings (SSSR count). The highest BCUT2D eigenvalue weighted by Crippen LogP contribution is 2.34. The van der Waals surface area contributed by atoms with Gasteiger partial charge in [-0.2, -0.15) is 5.10 Å². The number of anilines is 1. The minimum atomic E-state index is -0.381. The zero-order valence-corrected chi connectivity index (χ0v) is 11.3. The topological polar surface area (TPSA) is 96.7 Å². The number of rotatable bonds is 4. The average Bonchev–Trinajstić information content (AvgIpc) is 3.01. The third-order valence-corrected chi connectivity index (χ3v) is 3.33. The van der Waals surface area contributed by atoms with Gasteiger partial charge in [0, 0.05) is 18.0 Å². The summed E-state index contributed by atoms with van der Waals surface area (Å²) in [6.07, 6.45) is 5.06. The first-order valence-electron chi connectivity index (χ1n) is 6.44. The molecule has 7 heteroatoms. The van der Waals surface area contributed by atoms with Crippen molar-refractivity contribution in [3.8, 4) is 0 Å². The number of H-pyrrole nitrogens is 1. The van der Waals surface area contributed by atoms with E-state index in [-0.39, 0.29) is 16.7 Å². The lowest BCUT2D eigenvalue weighted by Crippen LogP contribution is -2.08. The van der Waals surface area contributed by atoms with Crippen LogP contribution in [0.2, 0.25) is 0 Å². The molecule has 0 saturated heterocycles. The highest BCUT2D eigenvalue weighted by Gasteiger charge is 2.20. The van der Waals surface area contributed by atoms with Gasteiger partial charge in [-0.05, 0) is 31.2 Å². The van der Waals surface area contributed by atoms with Gasteiger partial charge in [0.25, 0.3) is 0 Å². The van der Waals surface area contributed by atoms with E-state index in [2.05, 4.69) is 20.5 Å². The van der Waals surface area contributed by atoms with E-state index in [9.17, 15) is 10.1 Å². The predicted molar refractivity (Wildman–Crippen MR) is 79.0 cm³/mol. The second kappa shape index (κ2) is 5.20. The quantitative estimate of drug-likeness (QED) is 0.566. The Morgan fingerprint density at radius 1 is 1.38 bits per heavy atom. The van der Waals surface area contributed by atoms with Crippen LogP contribution in [0.1, 0.15) is 18.5 Å². The first-order chi connectivity index (χ1) is 10.2. The van der Waals surface area contributed by atoms with Crippen molar-refractivity contribution in [2.45, 2.75) is 13.0 Å². The number of hydrogen-bond acceptors (Lipinski definition) is 5. The van der Waals surface area contributed by atoms with Crippen LogP contribution in [0, 0.1) is 10.1 Å². The molecule has 0 fully saturated rings. The normalized spacial score (nSPS) is 12.2. The summed E-state index contributed by atoms with van der Waals surface area (Å²) in [5.41, 5.74) is 2.03. The Labute approximate surface area is 120 Å². The second-order valence-corrected chi connectivity index (χ2v) is 4.69. The maximum absolute atomic E-state index is 11.4. The first kappa shape index (κ1) is 13.0. The Hall–Kier alpha value is -2.96. The number of benzene rings is 1. The van der Waals surface area contributed by atoms with Crippen LogP contribution in [0.4, 0.5) is 11.4 Å². The number of pyridine rings is 1. The summed E-state index contributed by atoms with van der Waals surface area (Å²) in [7, 11) is 0. The molecule has 0 aliphatic heterocycles. The Morgan fingerprint density at radius 3 is 2.95 bits per heavy atom. The summed E-state index contributed by atoms with van der Waals surface area (Å²) in [4.78, 5) is 15.2. The van der Waals surface area contributed by atoms with E-state index in [1.54, 1.807) is 42.9 Å². The molecule has 21 heavy (non-hydrogen) atoms. The van der Waals surface area contributed by atoms with Crippen LogP contribution in [0.25, 0.3) is 10.9 Å². The van der Waals surface area contributed by atoms with Crippen LogP contribution >= 0.6 is 0 Å². The molecule has 3 aromatic rings. The molecule has 106 valence electrons. The molecule has 2 N–H and O–H groups in total. The van der Waals surface area contributed by atoms with E-state index in [1.807, 2.05) is 6.92 Å². The van der Waals surface area contributed by atoms with Crippen molar-refractivity contribution in [1.82, 2.24) is 15.2 Å². The minimum Gasteiger partial charge on any atom is -0.373 e. The highest BCUT2D eigenvalue weighted by molar-refractivity contribution is 5.94. The lowest BCUT2D eigenvalue weighted by molar-refractivity contribution is -0.382. The molecule has 1 atom stereocenters. The molecular weight excluding hydrogens is 270 g/mol. The number of fused-ring (bicyclic) bond motifs is 1. The zero-order valence-electron chi connectivity index (χ0n) is 11.3. The van der Waals surface area contributed by atoms with Crippen LogP contribution in [-0.2, 0) is 0 Å². The Bertz CT molecular complexity index is 785. The lowest BCUT2D eigenvalue weighted by atomic mass is 10.1. The first-order valence-corrected chi connectivity index (χ1v) is 6.44. The van der Waals surface area contributed by atoms with Crippen molar-refractivity contribution in [3.63, 3.8) is 0 Å². The third kappa shape index (κ3) is 2.40. The van der Waals surface area contributed by atoms with E-state index in [1.165, 1.54) is 0 Å². The van der Waals surface area contributed by atoms with Crippen molar-refractivity contribution >= 4 is 22.3 Å². The largest absolute Gasteiger partial charge is 0.373 e. The highest BCUT2D eigenvalue weighted by atomic mass is 16.6. The molecule has 0 aliphatic carbocycles. The molecule has 0 amide bonds. The Morgan fingerprint density at radius 2 is 2.24 bits per heavy atom. The van der Waals surface area contributed by atoms with Gasteiger partial charge in [0.1, 0.15) is 5.69 Å². The van der Waals surface area contributed by atoms with Crippen molar-refractivity contribution in [1.29, 1.82) is 0 Å². The number of hydrogen-bond donors (Lipinski definition) is 2. The maximum atomic E-state index is 11.4. The number of nitro groups is 1. The van der Waals surface area contributed by atoms with Gasteiger partial charge in [-0.25, -0.2) is 0 Å².